The lowest BCUT2D eigenvalue weighted by Crippen LogP contribution is -2.39. The number of nitrogen functional groups attached to an aromatic ring is 1. The van der Waals surface area contributed by atoms with Crippen LogP contribution in [-0.2, 0) is 9.47 Å². The monoisotopic (exact) mass is 253 g/mol. The van der Waals surface area contributed by atoms with Crippen LogP contribution in [0, 0.1) is 6.92 Å². The Hall–Kier alpha value is -1.33. The van der Waals surface area contributed by atoms with Crippen LogP contribution in [0.1, 0.15) is 12.5 Å². The number of nitrogens with two attached hydrogens (primary N) is 1. The Morgan fingerprint density at radius 2 is 2.11 bits per heavy atom. The van der Waals surface area contributed by atoms with Gasteiger partial charge in [-0.2, -0.15) is 0 Å². The van der Waals surface area contributed by atoms with Gasteiger partial charge < -0.3 is 20.1 Å². The Labute approximate surface area is 109 Å². The van der Waals surface area contributed by atoms with Crippen LogP contribution in [0.2, 0.25) is 0 Å². The molecular formula is C13H23N3O2. The van der Waals surface area contributed by atoms with E-state index < -0.39 is 0 Å². The summed E-state index contributed by atoms with van der Waals surface area (Å²) in [7, 11) is 3.38. The second kappa shape index (κ2) is 7.18. The van der Waals surface area contributed by atoms with Crippen molar-refractivity contribution in [3.8, 4) is 0 Å². The van der Waals surface area contributed by atoms with Crippen molar-refractivity contribution in [1.82, 2.24) is 4.98 Å². The van der Waals surface area contributed by atoms with Crippen molar-refractivity contribution in [3.63, 3.8) is 0 Å². The number of pyridine rings is 1. The van der Waals surface area contributed by atoms with Crippen LogP contribution < -0.4 is 10.6 Å². The average Bonchev–Trinajstić information content (AvgIpc) is 2.32. The van der Waals surface area contributed by atoms with E-state index in [1.54, 1.807) is 14.2 Å². The summed E-state index contributed by atoms with van der Waals surface area (Å²) in [6, 6.07) is 2.13. The van der Waals surface area contributed by atoms with E-state index in [1.165, 1.54) is 0 Å². The van der Waals surface area contributed by atoms with Gasteiger partial charge in [0.1, 0.15) is 0 Å². The van der Waals surface area contributed by atoms with Crippen LogP contribution >= 0.6 is 0 Å². The lowest BCUT2D eigenvalue weighted by molar-refractivity contribution is 0.170. The third kappa shape index (κ3) is 3.85. The number of hydrogen-bond donors (Lipinski definition) is 1. The molecular weight excluding hydrogens is 230 g/mol. The standard InChI is InChI=1S/C13H23N3O2/c1-10-7-12(14)13(15-8-10)16(5-6-17-3)11(2)9-18-4/h7-8,11H,5-6,9,14H2,1-4H3. The molecule has 1 aromatic heterocycles. The van der Waals surface area contributed by atoms with Gasteiger partial charge in [0.25, 0.3) is 0 Å². The Balaban J connectivity index is 2.93. The highest BCUT2D eigenvalue weighted by Crippen LogP contribution is 2.22. The summed E-state index contributed by atoms with van der Waals surface area (Å²) in [4.78, 5) is 6.54. The second-order valence-corrected chi connectivity index (χ2v) is 4.42. The minimum Gasteiger partial charge on any atom is -0.396 e. The predicted octanol–water partition coefficient (Wildman–Crippen LogP) is 1.46. The largest absolute Gasteiger partial charge is 0.396 e. The number of nitrogens with zero attached hydrogens (tertiary/aromatic N) is 2. The number of aromatic nitrogens is 1. The minimum atomic E-state index is 0.197. The molecule has 0 spiro atoms. The summed E-state index contributed by atoms with van der Waals surface area (Å²) in [5.41, 5.74) is 7.79. The van der Waals surface area contributed by atoms with E-state index in [4.69, 9.17) is 15.2 Å². The first-order valence-corrected chi connectivity index (χ1v) is 6.06. The molecule has 1 atom stereocenters. The number of aryl methyl sites for hydroxylation is 1. The van der Waals surface area contributed by atoms with E-state index >= 15 is 0 Å². The molecule has 102 valence electrons. The van der Waals surface area contributed by atoms with Gasteiger partial charge in [0.15, 0.2) is 5.82 Å². The summed E-state index contributed by atoms with van der Waals surface area (Å²) < 4.78 is 10.3. The fourth-order valence-electron chi connectivity index (χ4n) is 1.88. The summed E-state index contributed by atoms with van der Waals surface area (Å²) in [6.45, 7) is 6.05. The summed E-state index contributed by atoms with van der Waals surface area (Å²) in [5, 5.41) is 0. The van der Waals surface area contributed by atoms with Gasteiger partial charge in [0.2, 0.25) is 0 Å². The molecule has 0 aliphatic carbocycles. The maximum Gasteiger partial charge on any atom is 0.152 e. The van der Waals surface area contributed by atoms with Gasteiger partial charge in [-0.25, -0.2) is 4.98 Å². The fraction of sp³-hybridized carbons (Fsp3) is 0.615. The lowest BCUT2D eigenvalue weighted by Gasteiger charge is -2.30. The van der Waals surface area contributed by atoms with Gasteiger partial charge in [-0.3, -0.25) is 0 Å². The number of hydrogen-bond acceptors (Lipinski definition) is 5. The van der Waals surface area contributed by atoms with Crippen LogP contribution in [0.4, 0.5) is 11.5 Å². The van der Waals surface area contributed by atoms with Gasteiger partial charge in [-0.05, 0) is 25.5 Å². The highest BCUT2D eigenvalue weighted by Gasteiger charge is 2.17. The molecule has 18 heavy (non-hydrogen) atoms. The van der Waals surface area contributed by atoms with Gasteiger partial charge in [-0.1, -0.05) is 0 Å². The SMILES string of the molecule is COCCN(c1ncc(C)cc1N)C(C)COC. The first-order chi connectivity index (χ1) is 8.60. The Morgan fingerprint density at radius 3 is 2.67 bits per heavy atom. The van der Waals surface area contributed by atoms with Gasteiger partial charge >= 0.3 is 0 Å². The van der Waals surface area contributed by atoms with Crippen molar-refractivity contribution in [2.75, 3.05) is 44.6 Å². The van der Waals surface area contributed by atoms with Crippen LogP contribution in [0.15, 0.2) is 12.3 Å². The molecule has 1 unspecified atom stereocenters. The Morgan fingerprint density at radius 1 is 1.39 bits per heavy atom. The maximum absolute atomic E-state index is 6.04. The van der Waals surface area contributed by atoms with Crippen molar-refractivity contribution >= 4 is 11.5 Å². The first kappa shape index (κ1) is 14.7. The van der Waals surface area contributed by atoms with Crippen molar-refractivity contribution < 1.29 is 9.47 Å². The van der Waals surface area contributed by atoms with E-state index in [1.807, 2.05) is 19.2 Å². The first-order valence-electron chi connectivity index (χ1n) is 6.06. The number of rotatable bonds is 7. The maximum atomic E-state index is 6.04. The zero-order valence-corrected chi connectivity index (χ0v) is 11.6. The van der Waals surface area contributed by atoms with E-state index in [0.29, 0.717) is 18.9 Å². The highest BCUT2D eigenvalue weighted by atomic mass is 16.5. The molecule has 0 aliphatic rings. The van der Waals surface area contributed by atoms with E-state index in [-0.39, 0.29) is 6.04 Å². The molecule has 0 aliphatic heterocycles. The summed E-state index contributed by atoms with van der Waals surface area (Å²) in [6.07, 6.45) is 1.82. The molecule has 0 saturated heterocycles. The summed E-state index contributed by atoms with van der Waals surface area (Å²) in [5.74, 6) is 0.794. The number of ether oxygens (including phenoxy) is 2. The Kier molecular flexibility index (Phi) is 5.88. The number of anilines is 2. The van der Waals surface area contributed by atoms with Crippen LogP contribution in [0.5, 0.6) is 0 Å². The molecule has 2 N–H and O–H groups in total. The molecule has 0 saturated carbocycles. The molecule has 1 heterocycles. The zero-order valence-electron chi connectivity index (χ0n) is 11.6. The van der Waals surface area contributed by atoms with Crippen LogP contribution in [0.3, 0.4) is 0 Å². The molecule has 5 heteroatoms. The third-order valence-corrected chi connectivity index (χ3v) is 2.78. The van der Waals surface area contributed by atoms with E-state index in [9.17, 15) is 0 Å². The van der Waals surface area contributed by atoms with Crippen LogP contribution in [0.25, 0.3) is 0 Å². The smallest absolute Gasteiger partial charge is 0.152 e. The minimum absolute atomic E-state index is 0.197. The number of methoxy groups -OCH3 is 2. The molecule has 0 radical (unpaired) electrons. The quantitative estimate of drug-likeness (QED) is 0.797. The predicted molar refractivity (Wildman–Crippen MR) is 73.9 cm³/mol. The zero-order chi connectivity index (χ0) is 13.5. The normalized spacial score (nSPS) is 12.4. The van der Waals surface area contributed by atoms with Crippen molar-refractivity contribution in [2.45, 2.75) is 19.9 Å². The molecule has 0 fully saturated rings. The molecule has 0 amide bonds. The fourth-order valence-corrected chi connectivity index (χ4v) is 1.88. The Bertz CT molecular complexity index is 371. The molecule has 1 aromatic rings. The third-order valence-electron chi connectivity index (χ3n) is 2.78. The van der Waals surface area contributed by atoms with Gasteiger partial charge in [-0.15, -0.1) is 0 Å². The topological polar surface area (TPSA) is 60.6 Å². The van der Waals surface area contributed by atoms with E-state index in [0.717, 1.165) is 17.9 Å². The van der Waals surface area contributed by atoms with Crippen molar-refractivity contribution in [3.05, 3.63) is 17.8 Å². The van der Waals surface area contributed by atoms with Gasteiger partial charge in [0.05, 0.1) is 24.9 Å². The van der Waals surface area contributed by atoms with Crippen molar-refractivity contribution in [1.29, 1.82) is 0 Å². The van der Waals surface area contributed by atoms with E-state index in [2.05, 4.69) is 16.8 Å². The van der Waals surface area contributed by atoms with Crippen molar-refractivity contribution in [2.24, 2.45) is 0 Å². The highest BCUT2D eigenvalue weighted by molar-refractivity contribution is 5.63. The molecule has 0 aromatic carbocycles. The molecule has 1 rings (SSSR count). The molecule has 0 bridgehead atoms. The summed E-state index contributed by atoms with van der Waals surface area (Å²) >= 11 is 0. The van der Waals surface area contributed by atoms with Crippen LogP contribution in [-0.4, -0.2) is 45.0 Å². The second-order valence-electron chi connectivity index (χ2n) is 4.42. The van der Waals surface area contributed by atoms with Gasteiger partial charge in [0, 0.05) is 27.0 Å². The molecule has 5 nitrogen and oxygen atoms in total. The average molecular weight is 253 g/mol. The lowest BCUT2D eigenvalue weighted by atomic mass is 10.2.